The second-order valence-electron chi connectivity index (χ2n) is 4.15. The van der Waals surface area contributed by atoms with Crippen LogP contribution in [0.1, 0.15) is 4.88 Å². The van der Waals surface area contributed by atoms with Crippen LogP contribution in [0.25, 0.3) is 0 Å². The Kier molecular flexibility index (Phi) is 5.51. The van der Waals surface area contributed by atoms with E-state index < -0.39 is 19.9 Å². The topological polar surface area (TPSA) is 91.8 Å². The number of aliphatic hydroxyl groups is 1. The van der Waals surface area contributed by atoms with Crippen LogP contribution in [0, 0.1) is 0 Å². The highest BCUT2D eigenvalue weighted by Gasteiger charge is 2.23. The van der Waals surface area contributed by atoms with Crippen LogP contribution >= 0.6 is 11.3 Å². The molecule has 0 amide bonds. The number of nitrogens with zero attached hydrogens (tertiary/aromatic N) is 1. The summed E-state index contributed by atoms with van der Waals surface area (Å²) in [6, 6.07) is 3.13. The van der Waals surface area contributed by atoms with Gasteiger partial charge in [-0.15, -0.1) is 11.3 Å². The molecule has 1 N–H and O–H groups in total. The van der Waals surface area contributed by atoms with Crippen molar-refractivity contribution in [1.82, 2.24) is 4.31 Å². The van der Waals surface area contributed by atoms with Crippen molar-refractivity contribution in [3.05, 3.63) is 17.0 Å². The third-order valence-corrected chi connectivity index (χ3v) is 6.83. The monoisotopic (exact) mass is 327 g/mol. The lowest BCUT2D eigenvalue weighted by atomic mass is 10.4. The van der Waals surface area contributed by atoms with Gasteiger partial charge in [0, 0.05) is 37.8 Å². The molecule has 0 saturated heterocycles. The molecular formula is C10H17NO5S3. The Hall–Kier alpha value is -0.480. The molecule has 1 heterocycles. The normalized spacial score (nSPS) is 13.1. The molecule has 1 aromatic heterocycles. The summed E-state index contributed by atoms with van der Waals surface area (Å²) in [4.78, 5) is 0.776. The molecule has 0 atom stereocenters. The molecule has 0 aliphatic rings. The minimum Gasteiger partial charge on any atom is -0.396 e. The molecule has 1 aromatic rings. The zero-order valence-corrected chi connectivity index (χ0v) is 13.2. The van der Waals surface area contributed by atoms with Crippen LogP contribution in [0.2, 0.25) is 0 Å². The van der Waals surface area contributed by atoms with E-state index in [0.717, 1.165) is 26.8 Å². The fourth-order valence-corrected chi connectivity index (χ4v) is 4.76. The fourth-order valence-electron chi connectivity index (χ4n) is 1.31. The van der Waals surface area contributed by atoms with E-state index in [1.54, 1.807) is 6.07 Å². The summed E-state index contributed by atoms with van der Waals surface area (Å²) in [5.74, 6) is -0.211. The molecule has 6 nitrogen and oxygen atoms in total. The van der Waals surface area contributed by atoms with Crippen molar-refractivity contribution in [2.24, 2.45) is 0 Å². The van der Waals surface area contributed by atoms with Gasteiger partial charge in [0.25, 0.3) is 10.0 Å². The lowest BCUT2D eigenvalue weighted by Gasteiger charge is -2.15. The molecule has 0 bridgehead atoms. The first-order chi connectivity index (χ1) is 8.66. The maximum atomic E-state index is 12.1. The van der Waals surface area contributed by atoms with E-state index in [9.17, 15) is 16.8 Å². The summed E-state index contributed by atoms with van der Waals surface area (Å²) in [6.07, 6.45) is 1.48. The molecule has 9 heteroatoms. The fraction of sp³-hybridized carbons (Fsp3) is 0.600. The standard InChI is InChI=1S/C10H17NO5S3/c1-11(6-8-18(2,13)14)19(15,16)10-4-3-9(17-10)5-7-12/h3-4,12H,5-8H2,1-2H3. The minimum atomic E-state index is -3.65. The lowest BCUT2D eigenvalue weighted by molar-refractivity contribution is 0.300. The lowest BCUT2D eigenvalue weighted by Crippen LogP contribution is -2.31. The maximum absolute atomic E-state index is 12.1. The molecule has 0 aromatic carbocycles. The predicted octanol–water partition coefficient (Wildman–Crippen LogP) is -0.0520. The van der Waals surface area contributed by atoms with E-state index in [4.69, 9.17) is 5.11 Å². The van der Waals surface area contributed by atoms with Crippen LogP contribution < -0.4 is 0 Å². The van der Waals surface area contributed by atoms with E-state index >= 15 is 0 Å². The number of rotatable bonds is 7. The molecule has 0 aliphatic carbocycles. The van der Waals surface area contributed by atoms with E-state index in [0.29, 0.717) is 6.42 Å². The van der Waals surface area contributed by atoms with Gasteiger partial charge in [0.1, 0.15) is 14.0 Å². The first-order valence-corrected chi connectivity index (χ1v) is 9.82. The number of sulfone groups is 1. The summed E-state index contributed by atoms with van der Waals surface area (Å²) in [6.45, 7) is -0.113. The predicted molar refractivity (Wildman–Crippen MR) is 74.6 cm³/mol. The number of aliphatic hydroxyl groups excluding tert-OH is 1. The van der Waals surface area contributed by atoms with Crippen molar-refractivity contribution in [2.45, 2.75) is 10.6 Å². The van der Waals surface area contributed by atoms with Gasteiger partial charge >= 0.3 is 0 Å². The van der Waals surface area contributed by atoms with E-state index in [1.807, 2.05) is 0 Å². The highest BCUT2D eigenvalue weighted by Crippen LogP contribution is 2.24. The van der Waals surface area contributed by atoms with Gasteiger partial charge in [0.05, 0.1) is 5.75 Å². The number of thiophene rings is 1. The SMILES string of the molecule is CN(CCS(C)(=O)=O)S(=O)(=O)c1ccc(CCO)s1. The van der Waals surface area contributed by atoms with Gasteiger partial charge in [-0.25, -0.2) is 16.8 Å². The Morgan fingerprint density at radius 2 is 1.89 bits per heavy atom. The second-order valence-corrected chi connectivity index (χ2v) is 9.85. The van der Waals surface area contributed by atoms with Gasteiger partial charge < -0.3 is 5.11 Å². The molecule has 1 rings (SSSR count). The number of hydrogen-bond donors (Lipinski definition) is 1. The average molecular weight is 327 g/mol. The van der Waals surface area contributed by atoms with Crippen molar-refractivity contribution in [1.29, 1.82) is 0 Å². The minimum absolute atomic E-state index is 0.0378. The van der Waals surface area contributed by atoms with Crippen molar-refractivity contribution in [2.75, 3.05) is 32.2 Å². The molecule has 0 spiro atoms. The Labute approximate surface area is 117 Å². The van der Waals surface area contributed by atoms with Crippen LogP contribution in [0.5, 0.6) is 0 Å². The van der Waals surface area contributed by atoms with Crippen LogP contribution in [0.3, 0.4) is 0 Å². The van der Waals surface area contributed by atoms with Crippen molar-refractivity contribution >= 4 is 31.2 Å². The Morgan fingerprint density at radius 3 is 2.42 bits per heavy atom. The molecule has 0 fully saturated rings. The summed E-state index contributed by atoms with van der Waals surface area (Å²) >= 11 is 1.09. The van der Waals surface area contributed by atoms with Gasteiger partial charge in [-0.2, -0.15) is 4.31 Å². The van der Waals surface area contributed by atoms with Gasteiger partial charge in [0.2, 0.25) is 0 Å². The molecule has 0 unspecified atom stereocenters. The van der Waals surface area contributed by atoms with Gasteiger partial charge in [-0.1, -0.05) is 0 Å². The van der Waals surface area contributed by atoms with Gasteiger partial charge in [0.15, 0.2) is 0 Å². The molecule has 0 aliphatic heterocycles. The Morgan fingerprint density at radius 1 is 1.26 bits per heavy atom. The zero-order chi connectivity index (χ0) is 14.7. The zero-order valence-electron chi connectivity index (χ0n) is 10.7. The number of hydrogen-bond acceptors (Lipinski definition) is 6. The van der Waals surface area contributed by atoms with Crippen molar-refractivity contribution in [3.8, 4) is 0 Å². The molecule has 110 valence electrons. The highest BCUT2D eigenvalue weighted by atomic mass is 32.2. The van der Waals surface area contributed by atoms with Crippen molar-refractivity contribution in [3.63, 3.8) is 0 Å². The Balaban J connectivity index is 2.84. The first kappa shape index (κ1) is 16.6. The van der Waals surface area contributed by atoms with Gasteiger partial charge in [-0.05, 0) is 12.1 Å². The number of sulfonamides is 1. The molecule has 0 saturated carbocycles. The quantitative estimate of drug-likeness (QED) is 0.758. The van der Waals surface area contributed by atoms with E-state index in [2.05, 4.69) is 0 Å². The summed E-state index contributed by atoms with van der Waals surface area (Å²) in [5, 5.41) is 8.79. The largest absolute Gasteiger partial charge is 0.396 e. The van der Waals surface area contributed by atoms with Gasteiger partial charge in [-0.3, -0.25) is 0 Å². The summed E-state index contributed by atoms with van der Waals surface area (Å²) in [5.41, 5.74) is 0. The molecular weight excluding hydrogens is 310 g/mol. The average Bonchev–Trinajstić information content (AvgIpc) is 2.74. The third-order valence-electron chi connectivity index (χ3n) is 2.44. The Bertz CT molecular complexity index is 617. The van der Waals surface area contributed by atoms with Crippen molar-refractivity contribution < 1.29 is 21.9 Å². The van der Waals surface area contributed by atoms with Crippen LogP contribution in [0.15, 0.2) is 16.3 Å². The van der Waals surface area contributed by atoms with E-state index in [-0.39, 0.29) is 23.1 Å². The summed E-state index contributed by atoms with van der Waals surface area (Å²) < 4.78 is 47.6. The molecule has 19 heavy (non-hydrogen) atoms. The third kappa shape index (κ3) is 4.84. The van der Waals surface area contributed by atoms with Crippen LogP contribution in [-0.4, -0.2) is 58.5 Å². The molecule has 0 radical (unpaired) electrons. The van der Waals surface area contributed by atoms with E-state index in [1.165, 1.54) is 13.1 Å². The van der Waals surface area contributed by atoms with Crippen LogP contribution in [0.4, 0.5) is 0 Å². The summed E-state index contributed by atoms with van der Waals surface area (Å²) in [7, 11) is -5.50. The van der Waals surface area contributed by atoms with Crippen LogP contribution in [-0.2, 0) is 26.3 Å². The maximum Gasteiger partial charge on any atom is 0.252 e. The highest BCUT2D eigenvalue weighted by molar-refractivity contribution is 7.91. The first-order valence-electron chi connectivity index (χ1n) is 5.50. The smallest absolute Gasteiger partial charge is 0.252 e. The second kappa shape index (κ2) is 6.31.